The minimum Gasteiger partial charge on any atom is -0.494 e. The summed E-state index contributed by atoms with van der Waals surface area (Å²) in [6.45, 7) is 8.30. The van der Waals surface area contributed by atoms with Crippen molar-refractivity contribution >= 4 is 23.2 Å². The highest BCUT2D eigenvalue weighted by atomic mass is 16.6. The fraction of sp³-hybridized carbons (Fsp3) is 0.394. The first-order valence-corrected chi connectivity index (χ1v) is 14.6. The first kappa shape index (κ1) is 29.9. The summed E-state index contributed by atoms with van der Waals surface area (Å²) in [7, 11) is 0. The van der Waals surface area contributed by atoms with E-state index in [2.05, 4.69) is 9.97 Å². The molecule has 0 bridgehead atoms. The number of aromatic nitrogens is 2. The molecule has 0 unspecified atom stereocenters. The summed E-state index contributed by atoms with van der Waals surface area (Å²) >= 11 is 0. The Morgan fingerprint density at radius 3 is 2.47 bits per heavy atom. The molecule has 1 amide bonds. The van der Waals surface area contributed by atoms with Crippen molar-refractivity contribution in [3.8, 4) is 34.1 Å². The molecule has 2 atom stereocenters. The van der Waals surface area contributed by atoms with Gasteiger partial charge in [-0.1, -0.05) is 42.5 Å². The van der Waals surface area contributed by atoms with Gasteiger partial charge in [-0.3, -0.25) is 4.79 Å². The second-order valence-corrected chi connectivity index (χ2v) is 11.5. The van der Waals surface area contributed by atoms with Crippen LogP contribution in [0.4, 0.5) is 4.79 Å². The van der Waals surface area contributed by atoms with Gasteiger partial charge < -0.3 is 28.6 Å². The van der Waals surface area contributed by atoms with Gasteiger partial charge in [-0.2, -0.15) is 0 Å². The van der Waals surface area contributed by atoms with Crippen molar-refractivity contribution in [3.63, 3.8) is 0 Å². The van der Waals surface area contributed by atoms with Crippen molar-refractivity contribution in [2.24, 2.45) is 0 Å². The first-order valence-electron chi connectivity index (χ1n) is 14.6. The predicted octanol–water partition coefficient (Wildman–Crippen LogP) is 6.97. The number of hydrogen-bond acceptors (Lipinski definition) is 8. The molecule has 1 aliphatic heterocycles. The molecule has 10 nitrogen and oxygen atoms in total. The number of nitrogens with zero attached hydrogens (tertiary/aromatic N) is 3. The standard InChI is InChI=1S/C33H37N3O7/c1-5-40-24-14-11-21(12-15-24)27-28-30(34-20-35-31(28)42-29(27)22-9-7-6-8-10-22)41-25-17-18-36(32(39)43-33(2,3)4)23(19-25)13-16-26(37)38/h6-12,14-15,20,23,25H,5,13,16-19H2,1-4H3,(H,37,38)/t23-,25-/m1/s1. The van der Waals surface area contributed by atoms with Crippen LogP contribution in [0.2, 0.25) is 0 Å². The Morgan fingerprint density at radius 2 is 1.79 bits per heavy atom. The van der Waals surface area contributed by atoms with E-state index in [1.165, 1.54) is 6.33 Å². The van der Waals surface area contributed by atoms with Crippen LogP contribution in [0, 0.1) is 0 Å². The SMILES string of the molecule is CCOc1ccc(-c2c(-c3ccccc3)oc3ncnc(O[C@@H]4CCN(C(=O)OC(C)(C)C)[C@H](CCC(=O)O)C4)c23)cc1. The Kier molecular flexibility index (Phi) is 8.84. The maximum absolute atomic E-state index is 13.0. The highest BCUT2D eigenvalue weighted by Gasteiger charge is 2.36. The highest BCUT2D eigenvalue weighted by Crippen LogP contribution is 2.44. The number of hydrogen-bond donors (Lipinski definition) is 1. The lowest BCUT2D eigenvalue weighted by Crippen LogP contribution is -2.50. The molecule has 1 saturated heterocycles. The van der Waals surface area contributed by atoms with Gasteiger partial charge in [0.2, 0.25) is 11.6 Å². The lowest BCUT2D eigenvalue weighted by molar-refractivity contribution is -0.137. The molecule has 2 aromatic carbocycles. The zero-order valence-corrected chi connectivity index (χ0v) is 24.9. The van der Waals surface area contributed by atoms with E-state index in [1.807, 2.05) is 82.3 Å². The minimum absolute atomic E-state index is 0.0709. The summed E-state index contributed by atoms with van der Waals surface area (Å²) in [6.07, 6.45) is 1.81. The van der Waals surface area contributed by atoms with Gasteiger partial charge in [0.25, 0.3) is 0 Å². The number of amides is 1. The number of carbonyl (C=O) groups excluding carboxylic acids is 1. The number of ether oxygens (including phenoxy) is 3. The molecule has 2 aromatic heterocycles. The van der Waals surface area contributed by atoms with Crippen LogP contribution in [0.5, 0.6) is 11.6 Å². The first-order chi connectivity index (χ1) is 20.6. The molecule has 0 saturated carbocycles. The summed E-state index contributed by atoms with van der Waals surface area (Å²) in [5.74, 6) is 0.852. The topological polar surface area (TPSA) is 124 Å². The average molecular weight is 588 g/mol. The number of benzene rings is 2. The van der Waals surface area contributed by atoms with Crippen LogP contribution in [-0.4, -0.2) is 62.9 Å². The van der Waals surface area contributed by atoms with Crippen molar-refractivity contribution in [1.82, 2.24) is 14.9 Å². The average Bonchev–Trinajstić information content (AvgIpc) is 3.37. The molecule has 0 spiro atoms. The van der Waals surface area contributed by atoms with Crippen LogP contribution < -0.4 is 9.47 Å². The van der Waals surface area contributed by atoms with Crippen LogP contribution >= 0.6 is 0 Å². The van der Waals surface area contributed by atoms with Crippen molar-refractivity contribution in [1.29, 1.82) is 0 Å². The number of carboxylic acid groups (broad SMARTS) is 1. The number of furan rings is 1. The van der Waals surface area contributed by atoms with Crippen LogP contribution in [0.1, 0.15) is 53.4 Å². The Morgan fingerprint density at radius 1 is 1.05 bits per heavy atom. The summed E-state index contributed by atoms with van der Waals surface area (Å²) < 4.78 is 24.1. The number of carboxylic acids is 1. The van der Waals surface area contributed by atoms with Gasteiger partial charge in [-0.15, -0.1) is 0 Å². The second kappa shape index (κ2) is 12.7. The van der Waals surface area contributed by atoms with E-state index in [0.29, 0.717) is 48.7 Å². The van der Waals surface area contributed by atoms with E-state index in [-0.39, 0.29) is 25.0 Å². The third kappa shape index (κ3) is 7.07. The molecular formula is C33H37N3O7. The maximum Gasteiger partial charge on any atom is 0.410 e. The molecular weight excluding hydrogens is 550 g/mol. The Labute approximate surface area is 250 Å². The van der Waals surface area contributed by atoms with Gasteiger partial charge in [0.05, 0.1) is 6.61 Å². The third-order valence-electron chi connectivity index (χ3n) is 7.21. The largest absolute Gasteiger partial charge is 0.494 e. The van der Waals surface area contributed by atoms with Crippen molar-refractivity contribution in [2.45, 2.75) is 71.1 Å². The van der Waals surface area contributed by atoms with E-state index < -0.39 is 17.7 Å². The summed E-state index contributed by atoms with van der Waals surface area (Å²) in [4.78, 5) is 35.0. The highest BCUT2D eigenvalue weighted by molar-refractivity contribution is 6.03. The Hall–Kier alpha value is -4.60. The Bertz CT molecular complexity index is 1560. The molecule has 1 aliphatic rings. The van der Waals surface area contributed by atoms with Crippen LogP contribution in [0.3, 0.4) is 0 Å². The quantitative estimate of drug-likeness (QED) is 0.221. The lowest BCUT2D eigenvalue weighted by Gasteiger charge is -2.39. The normalized spacial score (nSPS) is 17.1. The van der Waals surface area contributed by atoms with Crippen LogP contribution in [0.25, 0.3) is 33.6 Å². The molecule has 43 heavy (non-hydrogen) atoms. The smallest absolute Gasteiger partial charge is 0.410 e. The monoisotopic (exact) mass is 587 g/mol. The van der Waals surface area contributed by atoms with Gasteiger partial charge in [0.15, 0.2) is 0 Å². The molecule has 0 radical (unpaired) electrons. The van der Waals surface area contributed by atoms with E-state index in [0.717, 1.165) is 22.4 Å². The van der Waals surface area contributed by atoms with E-state index >= 15 is 0 Å². The zero-order chi connectivity index (χ0) is 30.6. The van der Waals surface area contributed by atoms with E-state index in [9.17, 15) is 14.7 Å². The van der Waals surface area contributed by atoms with Crippen molar-refractivity contribution in [2.75, 3.05) is 13.2 Å². The number of likely N-dealkylation sites (tertiary alicyclic amines) is 1. The third-order valence-corrected chi connectivity index (χ3v) is 7.21. The molecule has 1 N–H and O–H groups in total. The molecule has 3 heterocycles. The van der Waals surface area contributed by atoms with Gasteiger partial charge in [0.1, 0.15) is 34.9 Å². The Balaban J connectivity index is 1.50. The van der Waals surface area contributed by atoms with Crippen LogP contribution in [0.15, 0.2) is 65.3 Å². The second-order valence-electron chi connectivity index (χ2n) is 11.5. The van der Waals surface area contributed by atoms with Crippen molar-refractivity contribution < 1.29 is 33.3 Å². The molecule has 4 aromatic rings. The molecule has 1 fully saturated rings. The molecule has 0 aliphatic carbocycles. The van der Waals surface area contributed by atoms with Crippen molar-refractivity contribution in [3.05, 3.63) is 60.9 Å². The summed E-state index contributed by atoms with van der Waals surface area (Å²) in [5, 5.41) is 10.00. The fourth-order valence-electron chi connectivity index (χ4n) is 5.35. The van der Waals surface area contributed by atoms with E-state index in [4.69, 9.17) is 18.6 Å². The predicted molar refractivity (Wildman–Crippen MR) is 161 cm³/mol. The molecule has 5 rings (SSSR count). The van der Waals surface area contributed by atoms with Gasteiger partial charge >= 0.3 is 12.1 Å². The summed E-state index contributed by atoms with van der Waals surface area (Å²) in [5.41, 5.74) is 2.30. The summed E-state index contributed by atoms with van der Waals surface area (Å²) in [6, 6.07) is 17.2. The number of carbonyl (C=O) groups is 2. The number of rotatable bonds is 9. The number of aliphatic carboxylic acids is 1. The van der Waals surface area contributed by atoms with Gasteiger partial charge in [-0.25, -0.2) is 14.8 Å². The van der Waals surface area contributed by atoms with Gasteiger partial charge in [0, 0.05) is 43.0 Å². The fourth-order valence-corrected chi connectivity index (χ4v) is 5.35. The molecule has 10 heteroatoms. The minimum atomic E-state index is -0.920. The van der Waals surface area contributed by atoms with Crippen LogP contribution in [-0.2, 0) is 9.53 Å². The van der Waals surface area contributed by atoms with Gasteiger partial charge in [-0.05, 0) is 51.8 Å². The lowest BCUT2D eigenvalue weighted by atomic mass is 9.95. The molecule has 226 valence electrons. The maximum atomic E-state index is 13.0. The van der Waals surface area contributed by atoms with E-state index in [1.54, 1.807) is 4.90 Å². The number of piperidine rings is 1. The zero-order valence-electron chi connectivity index (χ0n) is 24.9. The number of fused-ring (bicyclic) bond motifs is 1.